The van der Waals surface area contributed by atoms with E-state index in [9.17, 15) is 4.79 Å². The molecule has 0 aliphatic heterocycles. The number of aryl methyl sites for hydroxylation is 4. The van der Waals surface area contributed by atoms with Crippen molar-refractivity contribution in [3.8, 4) is 16.9 Å². The van der Waals surface area contributed by atoms with Crippen LogP contribution in [0.3, 0.4) is 0 Å². The van der Waals surface area contributed by atoms with Crippen molar-refractivity contribution in [2.75, 3.05) is 26.8 Å². The molecule has 0 atom stereocenters. The molecule has 0 amide bonds. The molecule has 44 heavy (non-hydrogen) atoms. The standard InChI is InChI=1S/C36H43ClN4O3/c1-5-43-36(42)35-29(19-13-23-44-32-20-11-15-26-14-7-8-16-27(26)32)28-17-12-18-30(33-25(2)39-40(4)31(33)24-37)34(28)41(35)22-10-6-9-21-38-3/h7-8,11-12,14-18,20,38H,5-6,9-10,13,19,21-24H2,1-4H3. The zero-order valence-corrected chi connectivity index (χ0v) is 27.0. The van der Waals surface area contributed by atoms with E-state index >= 15 is 0 Å². The molecule has 8 heteroatoms. The molecule has 0 bridgehead atoms. The molecule has 7 nitrogen and oxygen atoms in total. The average Bonchev–Trinajstić information content (AvgIpc) is 3.51. The second-order valence-corrected chi connectivity index (χ2v) is 11.4. The number of para-hydroxylation sites is 1. The molecule has 1 N–H and O–H groups in total. The van der Waals surface area contributed by atoms with E-state index in [2.05, 4.69) is 46.3 Å². The minimum atomic E-state index is -0.282. The van der Waals surface area contributed by atoms with Crippen LogP contribution in [0.2, 0.25) is 0 Å². The average molecular weight is 615 g/mol. The number of nitrogens with zero attached hydrogens (tertiary/aromatic N) is 3. The van der Waals surface area contributed by atoms with Gasteiger partial charge in [-0.05, 0) is 70.1 Å². The summed E-state index contributed by atoms with van der Waals surface area (Å²) in [6, 6.07) is 20.7. The molecule has 0 saturated carbocycles. The number of ether oxygens (including phenoxy) is 2. The fourth-order valence-electron chi connectivity index (χ4n) is 6.30. The van der Waals surface area contributed by atoms with Crippen molar-refractivity contribution in [3.05, 3.63) is 83.3 Å². The largest absolute Gasteiger partial charge is 0.493 e. The summed E-state index contributed by atoms with van der Waals surface area (Å²) in [5, 5.41) is 11.3. The van der Waals surface area contributed by atoms with Crippen LogP contribution in [0.1, 0.15) is 60.0 Å². The Labute approximate surface area is 265 Å². The van der Waals surface area contributed by atoms with Crippen LogP contribution in [-0.4, -0.2) is 47.1 Å². The Balaban J connectivity index is 1.56. The molecule has 5 aromatic rings. The highest BCUT2D eigenvalue weighted by atomic mass is 35.5. The molecule has 0 radical (unpaired) electrons. The third-order valence-corrected chi connectivity index (χ3v) is 8.53. The van der Waals surface area contributed by atoms with Crippen molar-refractivity contribution in [3.63, 3.8) is 0 Å². The van der Waals surface area contributed by atoms with Crippen molar-refractivity contribution in [2.45, 2.75) is 58.4 Å². The first-order valence-electron chi connectivity index (χ1n) is 15.6. The second-order valence-electron chi connectivity index (χ2n) is 11.2. The van der Waals surface area contributed by atoms with Gasteiger partial charge in [0.1, 0.15) is 11.4 Å². The number of benzene rings is 3. The summed E-state index contributed by atoms with van der Waals surface area (Å²) >= 11 is 6.46. The number of carbonyl (C=O) groups is 1. The summed E-state index contributed by atoms with van der Waals surface area (Å²) in [4.78, 5) is 13.7. The number of unbranched alkanes of at least 4 members (excludes halogenated alkanes) is 2. The molecular formula is C36H43ClN4O3. The van der Waals surface area contributed by atoms with E-state index in [0.29, 0.717) is 37.8 Å². The molecule has 3 aromatic carbocycles. The number of hydrogen-bond acceptors (Lipinski definition) is 5. The lowest BCUT2D eigenvalue weighted by atomic mass is 9.98. The lowest BCUT2D eigenvalue weighted by Gasteiger charge is -2.14. The number of halogens is 1. The fourth-order valence-corrected chi connectivity index (χ4v) is 6.61. The van der Waals surface area contributed by atoms with Gasteiger partial charge in [-0.2, -0.15) is 5.10 Å². The normalized spacial score (nSPS) is 11.5. The van der Waals surface area contributed by atoms with Crippen LogP contribution in [0.5, 0.6) is 5.75 Å². The van der Waals surface area contributed by atoms with E-state index in [1.165, 1.54) is 0 Å². The zero-order valence-electron chi connectivity index (χ0n) is 26.3. The highest BCUT2D eigenvalue weighted by molar-refractivity contribution is 6.17. The van der Waals surface area contributed by atoms with E-state index in [1.54, 1.807) is 0 Å². The van der Waals surface area contributed by atoms with Crippen molar-refractivity contribution >= 4 is 39.2 Å². The number of nitrogens with one attached hydrogen (secondary N) is 1. The highest BCUT2D eigenvalue weighted by Crippen LogP contribution is 2.39. The van der Waals surface area contributed by atoms with Crippen LogP contribution in [0.25, 0.3) is 32.8 Å². The van der Waals surface area contributed by atoms with Crippen LogP contribution >= 0.6 is 11.6 Å². The maximum absolute atomic E-state index is 13.7. The van der Waals surface area contributed by atoms with E-state index < -0.39 is 0 Å². The molecule has 232 valence electrons. The lowest BCUT2D eigenvalue weighted by molar-refractivity contribution is 0.0512. The van der Waals surface area contributed by atoms with E-state index in [0.717, 1.165) is 87.7 Å². The Morgan fingerprint density at radius 2 is 1.75 bits per heavy atom. The number of esters is 1. The van der Waals surface area contributed by atoms with E-state index in [4.69, 9.17) is 26.2 Å². The van der Waals surface area contributed by atoms with Crippen molar-refractivity contribution in [1.29, 1.82) is 0 Å². The Bertz CT molecular complexity index is 1730. The molecule has 0 spiro atoms. The van der Waals surface area contributed by atoms with Crippen LogP contribution in [0, 0.1) is 6.92 Å². The van der Waals surface area contributed by atoms with Crippen molar-refractivity contribution in [1.82, 2.24) is 19.7 Å². The van der Waals surface area contributed by atoms with Gasteiger partial charge in [0, 0.05) is 35.5 Å². The van der Waals surface area contributed by atoms with Gasteiger partial charge in [0.25, 0.3) is 0 Å². The number of alkyl halides is 1. The van der Waals surface area contributed by atoms with Gasteiger partial charge in [0.2, 0.25) is 0 Å². The van der Waals surface area contributed by atoms with Gasteiger partial charge < -0.3 is 19.4 Å². The first-order valence-corrected chi connectivity index (χ1v) is 16.2. The first kappa shape index (κ1) is 31.6. The summed E-state index contributed by atoms with van der Waals surface area (Å²) in [5.41, 5.74) is 6.64. The first-order chi connectivity index (χ1) is 21.5. The number of hydrogen-bond donors (Lipinski definition) is 1. The minimum absolute atomic E-state index is 0.282. The predicted octanol–water partition coefficient (Wildman–Crippen LogP) is 7.82. The Kier molecular flexibility index (Phi) is 10.6. The molecule has 5 rings (SSSR count). The smallest absolute Gasteiger partial charge is 0.355 e. The maximum Gasteiger partial charge on any atom is 0.355 e. The molecular weight excluding hydrogens is 572 g/mol. The lowest BCUT2D eigenvalue weighted by Crippen LogP contribution is -2.15. The quantitative estimate of drug-likeness (QED) is 0.0739. The summed E-state index contributed by atoms with van der Waals surface area (Å²) in [7, 11) is 3.91. The molecule has 2 aromatic heterocycles. The van der Waals surface area contributed by atoms with E-state index in [1.807, 2.05) is 56.9 Å². The highest BCUT2D eigenvalue weighted by Gasteiger charge is 2.27. The molecule has 0 aliphatic rings. The minimum Gasteiger partial charge on any atom is -0.493 e. The Morgan fingerprint density at radius 1 is 0.977 bits per heavy atom. The number of fused-ring (bicyclic) bond motifs is 2. The SMILES string of the molecule is CCOC(=O)c1c(CCCOc2cccc3ccccc23)c2cccc(-c3c(C)nn(C)c3CCl)c2n1CCCCCNC. The van der Waals surface area contributed by atoms with Crippen LogP contribution in [-0.2, 0) is 30.6 Å². The topological polar surface area (TPSA) is 70.3 Å². The molecule has 0 saturated heterocycles. The van der Waals surface area contributed by atoms with Gasteiger partial charge in [-0.25, -0.2) is 4.79 Å². The zero-order chi connectivity index (χ0) is 31.1. The van der Waals surface area contributed by atoms with Gasteiger partial charge >= 0.3 is 5.97 Å². The van der Waals surface area contributed by atoms with Gasteiger partial charge in [-0.1, -0.05) is 61.0 Å². The third kappa shape index (κ3) is 6.49. The van der Waals surface area contributed by atoms with Gasteiger partial charge in [0.15, 0.2) is 0 Å². The predicted molar refractivity (Wildman–Crippen MR) is 180 cm³/mol. The summed E-state index contributed by atoms with van der Waals surface area (Å²) < 4.78 is 16.0. The number of aromatic nitrogens is 3. The summed E-state index contributed by atoms with van der Waals surface area (Å²) in [5.74, 6) is 0.938. The number of carbonyl (C=O) groups excluding carboxylic acids is 1. The third-order valence-electron chi connectivity index (χ3n) is 8.28. The van der Waals surface area contributed by atoms with Crippen molar-refractivity contribution in [2.24, 2.45) is 7.05 Å². The van der Waals surface area contributed by atoms with Crippen LogP contribution in [0.15, 0.2) is 60.7 Å². The van der Waals surface area contributed by atoms with Gasteiger partial charge in [-0.15, -0.1) is 11.6 Å². The van der Waals surface area contributed by atoms with Gasteiger partial charge in [0.05, 0.1) is 36.0 Å². The molecule has 0 aliphatic carbocycles. The van der Waals surface area contributed by atoms with Crippen molar-refractivity contribution < 1.29 is 14.3 Å². The second kappa shape index (κ2) is 14.8. The monoisotopic (exact) mass is 614 g/mol. The maximum atomic E-state index is 13.7. The van der Waals surface area contributed by atoms with E-state index in [-0.39, 0.29) is 5.97 Å². The number of rotatable bonds is 15. The Hall–Kier alpha value is -3.81. The molecule has 0 unspecified atom stereocenters. The van der Waals surface area contributed by atoms with Crippen LogP contribution < -0.4 is 10.1 Å². The molecule has 2 heterocycles. The molecule has 0 fully saturated rings. The Morgan fingerprint density at radius 3 is 2.55 bits per heavy atom. The van der Waals surface area contributed by atoms with Crippen LogP contribution in [0.4, 0.5) is 0 Å². The van der Waals surface area contributed by atoms with Gasteiger partial charge in [-0.3, -0.25) is 4.68 Å². The summed E-state index contributed by atoms with van der Waals surface area (Å²) in [6.07, 6.45) is 4.51. The fraction of sp³-hybridized carbons (Fsp3) is 0.389. The summed E-state index contributed by atoms with van der Waals surface area (Å²) in [6.45, 7) is 6.41.